The molecule has 0 aliphatic carbocycles. The maximum absolute atomic E-state index is 13.8. The van der Waals surface area contributed by atoms with Crippen LogP contribution in [0, 0.1) is 5.92 Å². The van der Waals surface area contributed by atoms with Crippen molar-refractivity contribution in [2.45, 2.75) is 63.8 Å². The summed E-state index contributed by atoms with van der Waals surface area (Å²) in [6.45, 7) is 4.64. The quantitative estimate of drug-likeness (QED) is 0.354. The predicted octanol–water partition coefficient (Wildman–Crippen LogP) is 6.06. The summed E-state index contributed by atoms with van der Waals surface area (Å²) < 4.78 is 47.3. The number of rotatable bonds is 10. The van der Waals surface area contributed by atoms with Crippen LogP contribution in [0.15, 0.2) is 48.5 Å². The van der Waals surface area contributed by atoms with Crippen LogP contribution < -0.4 is 4.74 Å². The van der Waals surface area contributed by atoms with Crippen molar-refractivity contribution in [1.29, 1.82) is 0 Å². The standard InChI is InChI=1S/C29H36ClF3N2O4/c1-20(2)34(3)26(36)24-13-12-23(19-25(24)30)39-18-8-7-9-21-14-16-35(17-15-21)27(37)28(38,29(31,32)33)22-10-5-4-6-11-22/h4-6,10-13,19-21,38H,7-9,14-18H2,1-3H3/t28-/m0/s1. The van der Waals surface area contributed by atoms with Gasteiger partial charge in [0.2, 0.25) is 0 Å². The van der Waals surface area contributed by atoms with Gasteiger partial charge >= 0.3 is 6.18 Å². The Morgan fingerprint density at radius 1 is 1.10 bits per heavy atom. The zero-order valence-corrected chi connectivity index (χ0v) is 23.3. The van der Waals surface area contributed by atoms with E-state index in [1.807, 2.05) is 13.8 Å². The molecule has 2 aromatic carbocycles. The number of benzene rings is 2. The smallest absolute Gasteiger partial charge is 0.430 e. The number of carbonyl (C=O) groups is 2. The normalized spacial score (nSPS) is 16.2. The number of hydrogen-bond donors (Lipinski definition) is 1. The summed E-state index contributed by atoms with van der Waals surface area (Å²) in [5.41, 5.74) is -3.62. The molecule has 214 valence electrons. The number of likely N-dealkylation sites (tertiary alicyclic amines) is 1. The van der Waals surface area contributed by atoms with E-state index >= 15 is 0 Å². The van der Waals surface area contributed by atoms with Gasteiger partial charge in [0.25, 0.3) is 17.4 Å². The van der Waals surface area contributed by atoms with Gasteiger partial charge in [-0.25, -0.2) is 0 Å². The molecule has 2 amide bonds. The van der Waals surface area contributed by atoms with Crippen molar-refractivity contribution in [2.24, 2.45) is 5.92 Å². The second-order valence-corrected chi connectivity index (χ2v) is 10.7. The number of halogens is 4. The van der Waals surface area contributed by atoms with Crippen LogP contribution in [0.5, 0.6) is 5.75 Å². The first-order chi connectivity index (χ1) is 18.4. The van der Waals surface area contributed by atoms with Crippen molar-refractivity contribution < 1.29 is 32.6 Å². The molecule has 6 nitrogen and oxygen atoms in total. The summed E-state index contributed by atoms with van der Waals surface area (Å²) in [6.07, 6.45) is -1.49. The predicted molar refractivity (Wildman–Crippen MR) is 144 cm³/mol. The minimum atomic E-state index is -5.13. The second-order valence-electron chi connectivity index (χ2n) is 10.3. The van der Waals surface area contributed by atoms with Crippen molar-refractivity contribution in [1.82, 2.24) is 9.80 Å². The number of carbonyl (C=O) groups excluding carboxylic acids is 2. The topological polar surface area (TPSA) is 70.1 Å². The van der Waals surface area contributed by atoms with Crippen LogP contribution in [0.25, 0.3) is 0 Å². The molecule has 10 heteroatoms. The molecule has 0 radical (unpaired) electrons. The molecular formula is C29H36ClF3N2O4. The van der Waals surface area contributed by atoms with Gasteiger partial charge in [-0.3, -0.25) is 9.59 Å². The SMILES string of the molecule is CC(C)N(C)C(=O)c1ccc(OCCCCC2CCN(C(=O)[C@@](O)(c3ccccc3)C(F)(F)F)CC2)cc1Cl. The van der Waals surface area contributed by atoms with Gasteiger partial charge in [0.05, 0.1) is 17.2 Å². The molecule has 1 aliphatic heterocycles. The van der Waals surface area contributed by atoms with E-state index in [-0.39, 0.29) is 31.0 Å². The fourth-order valence-corrected chi connectivity index (χ4v) is 4.90. The molecule has 0 bridgehead atoms. The highest BCUT2D eigenvalue weighted by molar-refractivity contribution is 6.34. The number of ether oxygens (including phenoxy) is 1. The number of nitrogens with zero attached hydrogens (tertiary/aromatic N) is 2. The molecule has 1 aliphatic rings. The molecule has 1 saturated heterocycles. The molecule has 0 spiro atoms. The first-order valence-electron chi connectivity index (χ1n) is 13.2. The van der Waals surface area contributed by atoms with Gasteiger partial charge in [0.1, 0.15) is 5.75 Å². The minimum Gasteiger partial charge on any atom is -0.494 e. The first kappa shape index (κ1) is 30.8. The van der Waals surface area contributed by atoms with Crippen LogP contribution in [-0.4, -0.2) is 65.7 Å². The fourth-order valence-electron chi connectivity index (χ4n) is 4.65. The molecular weight excluding hydrogens is 533 g/mol. The molecule has 1 N–H and O–H groups in total. The molecule has 39 heavy (non-hydrogen) atoms. The van der Waals surface area contributed by atoms with Gasteiger partial charge < -0.3 is 19.6 Å². The van der Waals surface area contributed by atoms with E-state index in [2.05, 4.69) is 0 Å². The third-order valence-corrected chi connectivity index (χ3v) is 7.67. The Morgan fingerprint density at radius 2 is 1.74 bits per heavy atom. The second kappa shape index (κ2) is 13.0. The molecule has 2 aromatic rings. The third-order valence-electron chi connectivity index (χ3n) is 7.35. The number of hydrogen-bond acceptors (Lipinski definition) is 4. The van der Waals surface area contributed by atoms with Crippen molar-refractivity contribution in [2.75, 3.05) is 26.7 Å². The lowest BCUT2D eigenvalue weighted by molar-refractivity contribution is -0.262. The lowest BCUT2D eigenvalue weighted by Crippen LogP contribution is -2.57. The van der Waals surface area contributed by atoms with Gasteiger partial charge in [0.15, 0.2) is 0 Å². The first-order valence-corrected chi connectivity index (χ1v) is 13.6. The fraction of sp³-hybridized carbons (Fsp3) is 0.517. The Morgan fingerprint density at radius 3 is 2.31 bits per heavy atom. The van der Waals surface area contributed by atoms with Crippen LogP contribution in [0.1, 0.15) is 61.9 Å². The summed E-state index contributed by atoms with van der Waals surface area (Å²) >= 11 is 6.30. The van der Waals surface area contributed by atoms with Crippen LogP contribution in [0.2, 0.25) is 5.02 Å². The average molecular weight is 569 g/mol. The van der Waals surface area contributed by atoms with Gasteiger partial charge in [-0.15, -0.1) is 0 Å². The van der Waals surface area contributed by atoms with Gasteiger partial charge in [-0.05, 0) is 63.6 Å². The van der Waals surface area contributed by atoms with Crippen molar-refractivity contribution in [3.8, 4) is 5.75 Å². The van der Waals surface area contributed by atoms with Gasteiger partial charge in [0, 0.05) is 31.7 Å². The third kappa shape index (κ3) is 7.25. The summed E-state index contributed by atoms with van der Waals surface area (Å²) in [6, 6.07) is 11.6. The Hall–Kier alpha value is -2.78. The summed E-state index contributed by atoms with van der Waals surface area (Å²) in [5, 5.41) is 10.9. The van der Waals surface area contributed by atoms with Gasteiger partial charge in [-0.2, -0.15) is 13.2 Å². The van der Waals surface area contributed by atoms with E-state index in [9.17, 15) is 27.9 Å². The molecule has 0 saturated carbocycles. The van der Waals surface area contributed by atoms with Gasteiger partial charge in [-0.1, -0.05) is 48.4 Å². The Labute approximate surface area is 232 Å². The van der Waals surface area contributed by atoms with E-state index in [0.717, 1.165) is 36.3 Å². The number of aliphatic hydroxyl groups is 1. The summed E-state index contributed by atoms with van der Waals surface area (Å²) in [4.78, 5) is 28.1. The van der Waals surface area contributed by atoms with Crippen LogP contribution >= 0.6 is 11.6 Å². The maximum atomic E-state index is 13.8. The minimum absolute atomic E-state index is 0.0506. The Bertz CT molecular complexity index is 1120. The molecule has 0 unspecified atom stereocenters. The van der Waals surface area contributed by atoms with E-state index in [1.165, 1.54) is 18.2 Å². The Kier molecular flexibility index (Phi) is 10.3. The monoisotopic (exact) mass is 568 g/mol. The highest BCUT2D eigenvalue weighted by atomic mass is 35.5. The lowest BCUT2D eigenvalue weighted by Gasteiger charge is -2.38. The van der Waals surface area contributed by atoms with E-state index < -0.39 is 23.2 Å². The van der Waals surface area contributed by atoms with Crippen molar-refractivity contribution >= 4 is 23.4 Å². The van der Waals surface area contributed by atoms with E-state index in [4.69, 9.17) is 16.3 Å². The zero-order chi connectivity index (χ0) is 28.8. The van der Waals surface area contributed by atoms with Crippen molar-refractivity contribution in [3.63, 3.8) is 0 Å². The zero-order valence-electron chi connectivity index (χ0n) is 22.5. The number of piperidine rings is 1. The highest BCUT2D eigenvalue weighted by Gasteiger charge is 2.62. The van der Waals surface area contributed by atoms with Crippen LogP contribution in [0.3, 0.4) is 0 Å². The summed E-state index contributed by atoms with van der Waals surface area (Å²) in [7, 11) is 1.72. The number of unbranched alkanes of at least 4 members (excludes halogenated alkanes) is 1. The Balaban J connectivity index is 1.43. The van der Waals surface area contributed by atoms with Crippen LogP contribution in [0.4, 0.5) is 13.2 Å². The number of amides is 2. The molecule has 3 rings (SSSR count). The molecule has 1 atom stereocenters. The van der Waals surface area contributed by atoms with Crippen LogP contribution in [-0.2, 0) is 10.4 Å². The largest absolute Gasteiger partial charge is 0.494 e. The lowest BCUT2D eigenvalue weighted by atomic mass is 9.88. The number of alkyl halides is 3. The molecule has 1 fully saturated rings. The van der Waals surface area contributed by atoms with Crippen molar-refractivity contribution in [3.05, 3.63) is 64.7 Å². The maximum Gasteiger partial charge on any atom is 0.430 e. The highest BCUT2D eigenvalue weighted by Crippen LogP contribution is 2.41. The molecule has 1 heterocycles. The summed E-state index contributed by atoms with van der Waals surface area (Å²) in [5.74, 6) is -0.624. The van der Waals surface area contributed by atoms with E-state index in [0.29, 0.717) is 35.8 Å². The molecule has 0 aromatic heterocycles. The average Bonchev–Trinajstić information content (AvgIpc) is 2.91. The van der Waals surface area contributed by atoms with E-state index in [1.54, 1.807) is 30.1 Å².